The zero-order valence-electron chi connectivity index (χ0n) is 16.1. The molecule has 5 heteroatoms. The molecule has 2 N–H and O–H groups in total. The second-order valence-electron chi connectivity index (χ2n) is 7.87. The zero-order chi connectivity index (χ0) is 18.4. The summed E-state index contributed by atoms with van der Waals surface area (Å²) in [5.74, 6) is 1.61. The van der Waals surface area contributed by atoms with Crippen molar-refractivity contribution < 1.29 is 14.9 Å². The maximum absolute atomic E-state index is 10.4. The minimum absolute atomic E-state index is 0.240. The van der Waals surface area contributed by atoms with Gasteiger partial charge in [-0.1, -0.05) is 31.4 Å². The van der Waals surface area contributed by atoms with Gasteiger partial charge in [0.15, 0.2) is 11.5 Å². The van der Waals surface area contributed by atoms with E-state index >= 15 is 0 Å². The molecule has 0 amide bonds. The lowest BCUT2D eigenvalue weighted by Crippen LogP contribution is -2.54. The van der Waals surface area contributed by atoms with E-state index in [2.05, 4.69) is 9.80 Å². The number of ether oxygens (including phenoxy) is 1. The van der Waals surface area contributed by atoms with E-state index in [9.17, 15) is 10.2 Å². The first-order valence-corrected chi connectivity index (χ1v) is 10.1. The van der Waals surface area contributed by atoms with Crippen LogP contribution in [0.25, 0.3) is 0 Å². The Morgan fingerprint density at radius 1 is 1.15 bits per heavy atom. The van der Waals surface area contributed by atoms with E-state index < -0.39 is 0 Å². The first-order valence-electron chi connectivity index (χ1n) is 10.1. The Bertz CT molecular complexity index is 560. The standard InChI is InChI=1S/C21H34N2O3/c1-26-20-9-5-8-18(21(20)25)15-22-11-12-23(19(16-22)10-13-24)14-17-6-3-2-4-7-17/h5,8-9,17,19,24-25H,2-4,6-7,10-16H2,1H3/t19-/m0/s1. The number of rotatable bonds is 7. The Labute approximate surface area is 157 Å². The van der Waals surface area contributed by atoms with E-state index in [0.717, 1.165) is 44.1 Å². The Kier molecular flexibility index (Phi) is 7.17. The summed E-state index contributed by atoms with van der Waals surface area (Å²) in [5, 5.41) is 19.9. The lowest BCUT2D eigenvalue weighted by molar-refractivity contribution is 0.0397. The molecule has 1 saturated heterocycles. The molecule has 3 rings (SSSR count). The molecular formula is C21H34N2O3. The van der Waals surface area contributed by atoms with Crippen LogP contribution in [0.4, 0.5) is 0 Å². The largest absolute Gasteiger partial charge is 0.504 e. The van der Waals surface area contributed by atoms with Gasteiger partial charge in [0.05, 0.1) is 7.11 Å². The molecule has 1 aliphatic heterocycles. The molecule has 0 unspecified atom stereocenters. The number of hydrogen-bond acceptors (Lipinski definition) is 5. The van der Waals surface area contributed by atoms with Crippen molar-refractivity contribution in [2.45, 2.75) is 51.1 Å². The molecule has 1 aromatic rings. The number of aliphatic hydroxyl groups is 1. The number of methoxy groups -OCH3 is 1. The average molecular weight is 363 g/mol. The molecule has 1 saturated carbocycles. The van der Waals surface area contributed by atoms with E-state index in [4.69, 9.17) is 4.74 Å². The molecule has 1 heterocycles. The highest BCUT2D eigenvalue weighted by Gasteiger charge is 2.29. The first-order chi connectivity index (χ1) is 12.7. The minimum atomic E-state index is 0.240. The number of aromatic hydroxyl groups is 1. The molecule has 0 bridgehead atoms. The van der Waals surface area contributed by atoms with E-state index in [1.165, 1.54) is 38.6 Å². The summed E-state index contributed by atoms with van der Waals surface area (Å²) in [5.41, 5.74) is 0.910. The van der Waals surface area contributed by atoms with Gasteiger partial charge in [-0.3, -0.25) is 9.80 Å². The van der Waals surface area contributed by atoms with E-state index in [0.29, 0.717) is 11.8 Å². The molecule has 1 atom stereocenters. The third-order valence-electron chi connectivity index (χ3n) is 6.06. The van der Waals surface area contributed by atoms with Crippen LogP contribution in [0.2, 0.25) is 0 Å². The molecular weight excluding hydrogens is 328 g/mol. The fraction of sp³-hybridized carbons (Fsp3) is 0.714. The highest BCUT2D eigenvalue weighted by molar-refractivity contribution is 5.45. The molecule has 2 fully saturated rings. The predicted octanol–water partition coefficient (Wildman–Crippen LogP) is 2.85. The third-order valence-corrected chi connectivity index (χ3v) is 6.06. The number of hydrogen-bond donors (Lipinski definition) is 2. The summed E-state index contributed by atoms with van der Waals surface area (Å²) in [6.45, 7) is 5.15. The summed E-state index contributed by atoms with van der Waals surface area (Å²) in [6, 6.07) is 6.09. The van der Waals surface area contributed by atoms with Gasteiger partial charge in [-0.25, -0.2) is 0 Å². The van der Waals surface area contributed by atoms with E-state index in [-0.39, 0.29) is 12.4 Å². The van der Waals surface area contributed by atoms with E-state index in [1.54, 1.807) is 13.2 Å². The van der Waals surface area contributed by atoms with Crippen molar-refractivity contribution in [2.24, 2.45) is 5.92 Å². The van der Waals surface area contributed by atoms with Gasteiger partial charge in [0, 0.05) is 50.9 Å². The number of aliphatic hydroxyl groups excluding tert-OH is 1. The van der Waals surface area contributed by atoms with Crippen LogP contribution in [0.5, 0.6) is 11.5 Å². The second-order valence-corrected chi connectivity index (χ2v) is 7.87. The van der Waals surface area contributed by atoms with Gasteiger partial charge >= 0.3 is 0 Å². The maximum Gasteiger partial charge on any atom is 0.162 e. The molecule has 2 aliphatic rings. The Morgan fingerprint density at radius 3 is 2.69 bits per heavy atom. The van der Waals surface area contributed by atoms with Crippen LogP contribution in [0.3, 0.4) is 0 Å². The topological polar surface area (TPSA) is 56.2 Å². The van der Waals surface area contributed by atoms with Crippen molar-refractivity contribution in [2.75, 3.05) is 39.9 Å². The van der Waals surface area contributed by atoms with Crippen LogP contribution in [0, 0.1) is 5.92 Å². The van der Waals surface area contributed by atoms with Crippen molar-refractivity contribution >= 4 is 0 Å². The third kappa shape index (κ3) is 4.90. The van der Waals surface area contributed by atoms with Crippen LogP contribution >= 0.6 is 0 Å². The van der Waals surface area contributed by atoms with Gasteiger partial charge < -0.3 is 14.9 Å². The summed E-state index contributed by atoms with van der Waals surface area (Å²) in [7, 11) is 1.58. The van der Waals surface area contributed by atoms with Gasteiger partial charge in [-0.15, -0.1) is 0 Å². The van der Waals surface area contributed by atoms with Crippen molar-refractivity contribution in [1.29, 1.82) is 0 Å². The number of phenols is 1. The molecule has 26 heavy (non-hydrogen) atoms. The Hall–Kier alpha value is -1.30. The van der Waals surface area contributed by atoms with Gasteiger partial charge in [0.1, 0.15) is 0 Å². The Balaban J connectivity index is 1.60. The zero-order valence-corrected chi connectivity index (χ0v) is 16.1. The molecule has 0 aromatic heterocycles. The predicted molar refractivity (Wildman–Crippen MR) is 104 cm³/mol. The van der Waals surface area contributed by atoms with E-state index in [1.807, 2.05) is 12.1 Å². The Morgan fingerprint density at radius 2 is 1.96 bits per heavy atom. The number of benzene rings is 1. The van der Waals surface area contributed by atoms with Crippen LogP contribution in [0.1, 0.15) is 44.1 Å². The summed E-state index contributed by atoms with van der Waals surface area (Å²) >= 11 is 0. The number of phenolic OH excluding ortho intramolecular Hbond substituents is 1. The number of piperazine rings is 1. The quantitative estimate of drug-likeness (QED) is 0.781. The first kappa shape index (κ1) is 19.5. The average Bonchev–Trinajstić information content (AvgIpc) is 2.66. The molecule has 146 valence electrons. The maximum atomic E-state index is 10.4. The van der Waals surface area contributed by atoms with Crippen molar-refractivity contribution in [3.8, 4) is 11.5 Å². The molecule has 0 spiro atoms. The molecule has 1 aromatic carbocycles. The molecule has 0 radical (unpaired) electrons. The fourth-order valence-electron chi connectivity index (χ4n) is 4.57. The summed E-state index contributed by atoms with van der Waals surface area (Å²) in [6.07, 6.45) is 7.71. The monoisotopic (exact) mass is 362 g/mol. The molecule has 1 aliphatic carbocycles. The lowest BCUT2D eigenvalue weighted by atomic mass is 9.88. The highest BCUT2D eigenvalue weighted by Crippen LogP contribution is 2.31. The number of nitrogens with zero attached hydrogens (tertiary/aromatic N) is 2. The smallest absolute Gasteiger partial charge is 0.162 e. The second kappa shape index (κ2) is 9.58. The fourth-order valence-corrected chi connectivity index (χ4v) is 4.57. The SMILES string of the molecule is COc1cccc(CN2CCN(CC3CCCCC3)[C@@H](CCO)C2)c1O. The van der Waals surface area contributed by atoms with Crippen molar-refractivity contribution in [3.05, 3.63) is 23.8 Å². The number of para-hydroxylation sites is 1. The van der Waals surface area contributed by atoms with Gasteiger partial charge in [0.2, 0.25) is 0 Å². The van der Waals surface area contributed by atoms with Crippen LogP contribution in [-0.2, 0) is 6.54 Å². The van der Waals surface area contributed by atoms with Crippen molar-refractivity contribution in [1.82, 2.24) is 9.80 Å². The van der Waals surface area contributed by atoms with Gasteiger partial charge in [-0.05, 0) is 31.2 Å². The van der Waals surface area contributed by atoms with Gasteiger partial charge in [-0.2, -0.15) is 0 Å². The highest BCUT2D eigenvalue weighted by atomic mass is 16.5. The summed E-state index contributed by atoms with van der Waals surface area (Å²) < 4.78 is 5.23. The normalized spacial score (nSPS) is 23.2. The minimum Gasteiger partial charge on any atom is -0.504 e. The van der Waals surface area contributed by atoms with Crippen LogP contribution < -0.4 is 4.74 Å². The molecule has 5 nitrogen and oxygen atoms in total. The van der Waals surface area contributed by atoms with Crippen molar-refractivity contribution in [3.63, 3.8) is 0 Å². The lowest BCUT2D eigenvalue weighted by Gasteiger charge is -2.43. The van der Waals surface area contributed by atoms with Crippen LogP contribution in [-0.4, -0.2) is 66.0 Å². The van der Waals surface area contributed by atoms with Gasteiger partial charge in [0.25, 0.3) is 0 Å². The summed E-state index contributed by atoms with van der Waals surface area (Å²) in [4.78, 5) is 5.00. The van der Waals surface area contributed by atoms with Crippen LogP contribution in [0.15, 0.2) is 18.2 Å².